The van der Waals surface area contributed by atoms with Gasteiger partial charge in [0, 0.05) is 17.1 Å². The van der Waals surface area contributed by atoms with Gasteiger partial charge in [0.05, 0.1) is 14.2 Å². The van der Waals surface area contributed by atoms with Gasteiger partial charge in [-0.2, -0.15) is 0 Å². The molecule has 0 aliphatic carbocycles. The molecule has 0 aliphatic rings. The average Bonchev–Trinajstić information content (AvgIpc) is 2.54. The molecule has 1 N–H and O–H groups in total. The Bertz CT molecular complexity index is 584. The van der Waals surface area contributed by atoms with Gasteiger partial charge in [-0.1, -0.05) is 28.1 Å². The highest BCUT2D eigenvalue weighted by atomic mass is 79.9. The summed E-state index contributed by atoms with van der Waals surface area (Å²) < 4.78 is 11.5. The van der Waals surface area contributed by atoms with E-state index in [0.29, 0.717) is 0 Å². The zero-order chi connectivity index (χ0) is 15.2. The van der Waals surface area contributed by atoms with Crippen LogP contribution in [0.2, 0.25) is 0 Å². The largest absolute Gasteiger partial charge is 0.497 e. The maximum absolute atomic E-state index is 5.26. The van der Waals surface area contributed by atoms with Crippen molar-refractivity contribution < 1.29 is 9.47 Å². The van der Waals surface area contributed by atoms with E-state index in [9.17, 15) is 0 Å². The number of ether oxygens (including phenoxy) is 2. The second-order valence-electron chi connectivity index (χ2n) is 4.83. The fourth-order valence-corrected chi connectivity index (χ4v) is 2.47. The Morgan fingerprint density at radius 1 is 1.00 bits per heavy atom. The first-order valence-electron chi connectivity index (χ1n) is 6.83. The zero-order valence-corrected chi connectivity index (χ0v) is 14.1. The third-order valence-corrected chi connectivity index (χ3v) is 4.24. The van der Waals surface area contributed by atoms with Gasteiger partial charge in [-0.25, -0.2) is 0 Å². The third-order valence-electron chi connectivity index (χ3n) is 3.47. The second-order valence-corrected chi connectivity index (χ2v) is 5.69. The summed E-state index contributed by atoms with van der Waals surface area (Å²) in [4.78, 5) is 0. The van der Waals surface area contributed by atoms with Crippen molar-refractivity contribution in [2.24, 2.45) is 0 Å². The van der Waals surface area contributed by atoms with Crippen LogP contribution in [0.3, 0.4) is 0 Å². The molecule has 0 aliphatic heterocycles. The van der Waals surface area contributed by atoms with Crippen LogP contribution in [0.15, 0.2) is 46.9 Å². The number of hydrogen-bond donors (Lipinski definition) is 1. The molecule has 0 aromatic heterocycles. The molecular weight excluding hydrogens is 330 g/mol. The lowest BCUT2D eigenvalue weighted by Gasteiger charge is -2.16. The van der Waals surface area contributed by atoms with Crippen LogP contribution in [0.5, 0.6) is 11.5 Å². The molecule has 0 saturated heterocycles. The van der Waals surface area contributed by atoms with Crippen molar-refractivity contribution in [1.82, 2.24) is 5.32 Å². The lowest BCUT2D eigenvalue weighted by molar-refractivity contribution is 0.413. The summed E-state index contributed by atoms with van der Waals surface area (Å²) in [6.07, 6.45) is 0. The van der Waals surface area contributed by atoms with Gasteiger partial charge in [0.15, 0.2) is 0 Å². The molecule has 0 saturated carbocycles. The molecule has 3 nitrogen and oxygen atoms in total. The van der Waals surface area contributed by atoms with Crippen LogP contribution in [0.25, 0.3) is 0 Å². The molecule has 0 bridgehead atoms. The third kappa shape index (κ3) is 4.22. The fraction of sp³-hybridized carbons (Fsp3) is 0.294. The van der Waals surface area contributed by atoms with E-state index in [2.05, 4.69) is 40.3 Å². The molecule has 2 aromatic carbocycles. The van der Waals surface area contributed by atoms with Gasteiger partial charge < -0.3 is 14.8 Å². The average molecular weight is 350 g/mol. The van der Waals surface area contributed by atoms with Crippen LogP contribution in [-0.2, 0) is 6.54 Å². The summed E-state index contributed by atoms with van der Waals surface area (Å²) in [7, 11) is 3.36. The molecule has 4 heteroatoms. The summed E-state index contributed by atoms with van der Waals surface area (Å²) in [6.45, 7) is 2.92. The van der Waals surface area contributed by atoms with E-state index in [1.165, 1.54) is 11.1 Å². The lowest BCUT2D eigenvalue weighted by atomic mass is 10.1. The van der Waals surface area contributed by atoms with Crippen LogP contribution in [0.4, 0.5) is 0 Å². The van der Waals surface area contributed by atoms with Gasteiger partial charge in [0.1, 0.15) is 11.5 Å². The second kappa shape index (κ2) is 7.48. The van der Waals surface area contributed by atoms with E-state index in [0.717, 1.165) is 22.5 Å². The van der Waals surface area contributed by atoms with Crippen LogP contribution < -0.4 is 14.8 Å². The molecule has 0 fully saturated rings. The SMILES string of the molecule is COc1ccc(C(C)NCc2cc(OC)ccc2Br)cc1. The number of rotatable bonds is 6. The summed E-state index contributed by atoms with van der Waals surface area (Å²) >= 11 is 3.57. The molecular formula is C17H20BrNO2. The predicted molar refractivity (Wildman–Crippen MR) is 88.9 cm³/mol. The fourth-order valence-electron chi connectivity index (χ4n) is 2.09. The lowest BCUT2D eigenvalue weighted by Crippen LogP contribution is -2.18. The van der Waals surface area contributed by atoms with E-state index < -0.39 is 0 Å². The van der Waals surface area contributed by atoms with Gasteiger partial charge in [-0.15, -0.1) is 0 Å². The minimum atomic E-state index is 0.258. The molecule has 0 heterocycles. The summed E-state index contributed by atoms with van der Waals surface area (Å²) in [5.74, 6) is 1.74. The molecule has 0 radical (unpaired) electrons. The predicted octanol–water partition coefficient (Wildman–Crippen LogP) is 4.32. The molecule has 21 heavy (non-hydrogen) atoms. The Morgan fingerprint density at radius 3 is 2.24 bits per heavy atom. The molecule has 112 valence electrons. The highest BCUT2D eigenvalue weighted by molar-refractivity contribution is 9.10. The van der Waals surface area contributed by atoms with Crippen LogP contribution >= 0.6 is 15.9 Å². The van der Waals surface area contributed by atoms with Crippen LogP contribution in [0.1, 0.15) is 24.1 Å². The summed E-state index contributed by atoms with van der Waals surface area (Å²) in [5.41, 5.74) is 2.41. The van der Waals surface area contributed by atoms with E-state index in [4.69, 9.17) is 9.47 Å². The molecule has 1 unspecified atom stereocenters. The van der Waals surface area contributed by atoms with Crippen LogP contribution in [0, 0.1) is 0 Å². The maximum Gasteiger partial charge on any atom is 0.119 e. The number of nitrogens with one attached hydrogen (secondary N) is 1. The molecule has 1 atom stereocenters. The van der Waals surface area contributed by atoms with Crippen molar-refractivity contribution in [1.29, 1.82) is 0 Å². The maximum atomic E-state index is 5.26. The standard InChI is InChI=1S/C17H20BrNO2/c1-12(13-4-6-15(20-2)7-5-13)19-11-14-10-16(21-3)8-9-17(14)18/h4-10,12,19H,11H2,1-3H3. The Balaban J connectivity index is 2.01. The Labute approximate surface area is 134 Å². The Hall–Kier alpha value is -1.52. The van der Waals surface area contributed by atoms with Gasteiger partial charge >= 0.3 is 0 Å². The van der Waals surface area contributed by atoms with Crippen molar-refractivity contribution in [3.63, 3.8) is 0 Å². The Morgan fingerprint density at radius 2 is 1.62 bits per heavy atom. The van der Waals surface area contributed by atoms with Crippen molar-refractivity contribution in [3.05, 3.63) is 58.1 Å². The summed E-state index contributed by atoms with van der Waals surface area (Å²) in [6, 6.07) is 14.4. The quantitative estimate of drug-likeness (QED) is 0.842. The van der Waals surface area contributed by atoms with Gasteiger partial charge in [0.25, 0.3) is 0 Å². The first-order valence-corrected chi connectivity index (χ1v) is 7.63. The monoisotopic (exact) mass is 349 g/mol. The number of hydrogen-bond acceptors (Lipinski definition) is 3. The van der Waals surface area contributed by atoms with Crippen LogP contribution in [-0.4, -0.2) is 14.2 Å². The van der Waals surface area contributed by atoms with Crippen molar-refractivity contribution in [2.45, 2.75) is 19.5 Å². The minimum Gasteiger partial charge on any atom is -0.497 e. The highest BCUT2D eigenvalue weighted by Gasteiger charge is 2.07. The molecule has 0 amide bonds. The van der Waals surface area contributed by atoms with E-state index >= 15 is 0 Å². The topological polar surface area (TPSA) is 30.5 Å². The summed E-state index contributed by atoms with van der Waals surface area (Å²) in [5, 5.41) is 3.52. The first kappa shape index (κ1) is 15.9. The zero-order valence-electron chi connectivity index (χ0n) is 12.5. The van der Waals surface area contributed by atoms with Gasteiger partial charge in [-0.05, 0) is 48.4 Å². The van der Waals surface area contributed by atoms with E-state index in [1.54, 1.807) is 14.2 Å². The van der Waals surface area contributed by atoms with Gasteiger partial charge in [0.2, 0.25) is 0 Å². The smallest absolute Gasteiger partial charge is 0.119 e. The van der Waals surface area contributed by atoms with E-state index in [-0.39, 0.29) is 6.04 Å². The highest BCUT2D eigenvalue weighted by Crippen LogP contribution is 2.23. The van der Waals surface area contributed by atoms with Crippen molar-refractivity contribution in [2.75, 3.05) is 14.2 Å². The number of benzene rings is 2. The minimum absolute atomic E-state index is 0.258. The molecule has 0 spiro atoms. The number of halogens is 1. The first-order chi connectivity index (χ1) is 10.1. The molecule has 2 rings (SSSR count). The van der Waals surface area contributed by atoms with Crippen molar-refractivity contribution >= 4 is 15.9 Å². The number of methoxy groups -OCH3 is 2. The van der Waals surface area contributed by atoms with E-state index in [1.807, 2.05) is 30.3 Å². The normalized spacial score (nSPS) is 12.0. The Kier molecular flexibility index (Phi) is 5.65. The van der Waals surface area contributed by atoms with Crippen molar-refractivity contribution in [3.8, 4) is 11.5 Å². The van der Waals surface area contributed by atoms with Gasteiger partial charge in [-0.3, -0.25) is 0 Å². The molecule has 2 aromatic rings.